The molecular weight excluding hydrogens is 446 g/mol. The lowest BCUT2D eigenvalue weighted by Gasteiger charge is -2.27. The van der Waals surface area contributed by atoms with Gasteiger partial charge in [-0.2, -0.15) is 10.5 Å². The van der Waals surface area contributed by atoms with E-state index < -0.39 is 10.5 Å². The Kier molecular flexibility index (Phi) is 4.55. The zero-order valence-corrected chi connectivity index (χ0v) is 19.0. The standard InChI is InChI=1S/C26H17N5S2/c27-14-16-7-9-17(10-8-16)23-18(15-28)11-12-21-24(23)33(25-19(29)4-3-13-31(21)25)26-30-20-5-1-2-6-22(20)32-26/h1-11,13,23H,12,29H2. The van der Waals surface area contributed by atoms with Gasteiger partial charge in [-0.25, -0.2) is 4.98 Å². The van der Waals surface area contributed by atoms with Gasteiger partial charge in [0.05, 0.1) is 39.5 Å². The van der Waals surface area contributed by atoms with E-state index in [1.807, 2.05) is 60.7 Å². The van der Waals surface area contributed by atoms with Gasteiger partial charge < -0.3 is 10.6 Å². The van der Waals surface area contributed by atoms with Crippen molar-refractivity contribution in [3.8, 4) is 12.1 Å². The highest BCUT2D eigenvalue weighted by Crippen LogP contribution is 2.57. The van der Waals surface area contributed by atoms with Crippen molar-refractivity contribution in [3.63, 3.8) is 0 Å². The number of nitrogens with zero attached hydrogens (tertiary/aromatic N) is 4. The first-order valence-corrected chi connectivity index (χ1v) is 12.5. The molecule has 0 amide bonds. The first kappa shape index (κ1) is 19.8. The Morgan fingerprint density at radius 1 is 1.09 bits per heavy atom. The van der Waals surface area contributed by atoms with Crippen LogP contribution in [-0.2, 0) is 0 Å². The maximum absolute atomic E-state index is 10.1. The number of allylic oxidation sites excluding steroid dienone is 5. The fraction of sp³-hybridized carbons (Fsp3) is 0.0769. The Morgan fingerprint density at radius 2 is 1.91 bits per heavy atom. The number of aromatic nitrogens is 1. The molecule has 7 heteroatoms. The molecule has 2 unspecified atom stereocenters. The summed E-state index contributed by atoms with van der Waals surface area (Å²) < 4.78 is 2.14. The highest BCUT2D eigenvalue weighted by Gasteiger charge is 2.41. The third-order valence-corrected chi connectivity index (χ3v) is 9.76. The van der Waals surface area contributed by atoms with E-state index in [0.717, 1.165) is 42.1 Å². The zero-order chi connectivity index (χ0) is 22.5. The van der Waals surface area contributed by atoms with Crippen LogP contribution in [0.3, 0.4) is 0 Å². The summed E-state index contributed by atoms with van der Waals surface area (Å²) in [6, 6.07) is 20.3. The molecule has 3 aliphatic rings. The second-order valence-electron chi connectivity index (χ2n) is 7.85. The lowest BCUT2D eigenvalue weighted by molar-refractivity contribution is 0.658. The van der Waals surface area contributed by atoms with Gasteiger partial charge in [-0.05, 0) is 42.0 Å². The number of fused-ring (bicyclic) bond motifs is 3. The highest BCUT2D eigenvalue weighted by molar-refractivity contribution is 8.21. The summed E-state index contributed by atoms with van der Waals surface area (Å²) in [6.07, 6.45) is 8.65. The molecule has 0 bridgehead atoms. The smallest absolute Gasteiger partial charge is 0.151 e. The lowest BCUT2D eigenvalue weighted by Crippen LogP contribution is -2.29. The molecule has 1 aromatic heterocycles. The number of hydrogen-bond donors (Lipinski definition) is 1. The van der Waals surface area contributed by atoms with Crippen molar-refractivity contribution in [2.75, 3.05) is 0 Å². The van der Waals surface area contributed by atoms with Crippen molar-refractivity contribution in [3.05, 3.63) is 106 Å². The molecule has 2 aromatic carbocycles. The molecule has 2 N–H and O–H groups in total. The van der Waals surface area contributed by atoms with E-state index in [4.69, 9.17) is 10.7 Å². The Bertz CT molecular complexity index is 1540. The Labute approximate surface area is 197 Å². The largest absolute Gasteiger partial charge is 0.397 e. The van der Waals surface area contributed by atoms with E-state index in [2.05, 4.69) is 29.3 Å². The molecular formula is C26H17N5S2. The minimum absolute atomic E-state index is 0.207. The van der Waals surface area contributed by atoms with Gasteiger partial charge in [-0.3, -0.25) is 0 Å². The SMILES string of the molecule is N#CC1=CCC2=C(C1c1ccc(C#N)cc1)S(c1nc3ccccc3s1)=C1C(N)=CC=CN21. The second kappa shape index (κ2) is 7.60. The van der Waals surface area contributed by atoms with Crippen LogP contribution in [0.25, 0.3) is 10.2 Å². The monoisotopic (exact) mass is 463 g/mol. The van der Waals surface area contributed by atoms with Crippen molar-refractivity contribution in [2.24, 2.45) is 5.73 Å². The Morgan fingerprint density at radius 3 is 2.67 bits per heavy atom. The molecule has 1 aliphatic carbocycles. The summed E-state index contributed by atoms with van der Waals surface area (Å²) >= 11 is 1.69. The molecule has 5 nitrogen and oxygen atoms in total. The number of benzene rings is 2. The van der Waals surface area contributed by atoms with Crippen LogP contribution < -0.4 is 5.73 Å². The molecule has 0 saturated carbocycles. The van der Waals surface area contributed by atoms with Gasteiger partial charge >= 0.3 is 0 Å². The van der Waals surface area contributed by atoms with Gasteiger partial charge in [0.1, 0.15) is 4.99 Å². The summed E-state index contributed by atoms with van der Waals surface area (Å²) in [6.45, 7) is 0. The maximum atomic E-state index is 10.1. The average Bonchev–Trinajstić information content (AvgIpc) is 3.43. The number of hydrogen-bond acceptors (Lipinski definition) is 6. The van der Waals surface area contributed by atoms with Gasteiger partial charge in [0, 0.05) is 28.8 Å². The van der Waals surface area contributed by atoms with Crippen LogP contribution in [0.5, 0.6) is 0 Å². The van der Waals surface area contributed by atoms with Crippen LogP contribution in [0, 0.1) is 22.7 Å². The summed E-state index contributed by atoms with van der Waals surface area (Å²) in [7, 11) is -0.518. The van der Waals surface area contributed by atoms with Crippen molar-refractivity contribution in [1.82, 2.24) is 9.88 Å². The molecule has 0 saturated heterocycles. The van der Waals surface area contributed by atoms with E-state index in [1.165, 1.54) is 4.91 Å². The second-order valence-corrected chi connectivity index (χ2v) is 11.0. The molecule has 6 rings (SSSR count). The first-order chi connectivity index (χ1) is 16.2. The van der Waals surface area contributed by atoms with Gasteiger partial charge in [-0.15, -0.1) is 11.3 Å². The zero-order valence-electron chi connectivity index (χ0n) is 17.4. The van der Waals surface area contributed by atoms with Crippen molar-refractivity contribution in [2.45, 2.75) is 16.7 Å². The van der Waals surface area contributed by atoms with E-state index in [1.54, 1.807) is 11.3 Å². The lowest BCUT2D eigenvalue weighted by atomic mass is 9.85. The highest BCUT2D eigenvalue weighted by atomic mass is 32.2. The van der Waals surface area contributed by atoms with Crippen LogP contribution in [0.2, 0.25) is 0 Å². The number of para-hydroxylation sites is 1. The van der Waals surface area contributed by atoms with Crippen molar-refractivity contribution >= 4 is 37.0 Å². The Balaban J connectivity index is 1.62. The Hall–Kier alpha value is -3.91. The van der Waals surface area contributed by atoms with Gasteiger partial charge in [0.15, 0.2) is 4.34 Å². The molecule has 3 heterocycles. The summed E-state index contributed by atoms with van der Waals surface area (Å²) in [4.78, 5) is 9.42. The molecule has 158 valence electrons. The van der Waals surface area contributed by atoms with E-state index >= 15 is 0 Å². The predicted molar refractivity (Wildman–Crippen MR) is 133 cm³/mol. The quantitative estimate of drug-likeness (QED) is 0.510. The fourth-order valence-corrected chi connectivity index (χ4v) is 8.68. The van der Waals surface area contributed by atoms with Gasteiger partial charge in [0.2, 0.25) is 0 Å². The third-order valence-electron chi connectivity index (χ3n) is 6.00. The summed E-state index contributed by atoms with van der Waals surface area (Å²) in [5, 5.41) is 19.3. The fourth-order valence-electron chi connectivity index (χ4n) is 4.54. The van der Waals surface area contributed by atoms with Crippen LogP contribution in [0.15, 0.2) is 99.2 Å². The predicted octanol–water partition coefficient (Wildman–Crippen LogP) is 5.46. The van der Waals surface area contributed by atoms with Crippen LogP contribution in [0.4, 0.5) is 0 Å². The molecule has 0 spiro atoms. The normalized spacial score (nSPS) is 21.3. The minimum atomic E-state index is -0.518. The number of rotatable bonds is 2. The molecule has 0 radical (unpaired) electrons. The van der Waals surface area contributed by atoms with Crippen molar-refractivity contribution < 1.29 is 0 Å². The van der Waals surface area contributed by atoms with Crippen LogP contribution in [-0.4, -0.2) is 14.9 Å². The van der Waals surface area contributed by atoms with Crippen LogP contribution in [0.1, 0.15) is 23.5 Å². The molecule has 2 atom stereocenters. The van der Waals surface area contributed by atoms with Crippen molar-refractivity contribution in [1.29, 1.82) is 10.5 Å². The average molecular weight is 464 g/mol. The molecule has 3 aromatic rings. The third kappa shape index (κ3) is 2.98. The summed E-state index contributed by atoms with van der Waals surface area (Å²) in [5.74, 6) is -0.207. The topological polar surface area (TPSA) is 89.7 Å². The number of nitriles is 2. The van der Waals surface area contributed by atoms with E-state index in [0.29, 0.717) is 12.0 Å². The maximum Gasteiger partial charge on any atom is 0.151 e. The summed E-state index contributed by atoms with van der Waals surface area (Å²) in [5.41, 5.74) is 11.7. The number of thiazole rings is 1. The van der Waals surface area contributed by atoms with E-state index in [-0.39, 0.29) is 5.92 Å². The molecule has 2 aliphatic heterocycles. The molecule has 0 fully saturated rings. The van der Waals surface area contributed by atoms with E-state index in [9.17, 15) is 10.5 Å². The number of nitrogens with two attached hydrogens (primary N) is 1. The molecule has 33 heavy (non-hydrogen) atoms. The first-order valence-electron chi connectivity index (χ1n) is 10.4. The van der Waals surface area contributed by atoms with Crippen LogP contribution >= 0.6 is 21.8 Å². The minimum Gasteiger partial charge on any atom is -0.397 e. The van der Waals surface area contributed by atoms with Gasteiger partial charge in [-0.1, -0.05) is 40.8 Å². The van der Waals surface area contributed by atoms with Gasteiger partial charge in [0.25, 0.3) is 0 Å².